The summed E-state index contributed by atoms with van der Waals surface area (Å²) in [5.41, 5.74) is 3.15. The van der Waals surface area contributed by atoms with Gasteiger partial charge in [0, 0.05) is 10.6 Å². The molecule has 0 saturated heterocycles. The van der Waals surface area contributed by atoms with Gasteiger partial charge in [0.15, 0.2) is 0 Å². The molecule has 7 heteroatoms. The Hall–Kier alpha value is -2.12. The summed E-state index contributed by atoms with van der Waals surface area (Å²) in [5.74, 6) is 1.43. The number of hydrogen-bond donors (Lipinski definition) is 2. The quantitative estimate of drug-likeness (QED) is 0.632. The molecule has 0 fully saturated rings. The summed E-state index contributed by atoms with van der Waals surface area (Å²) in [6, 6.07) is 7.84. The standard InChI is InChI=1S/C21H23N3O2S2/c1-2-13-7-3-5-9-15(13)22-18(25)12-27-11-17-23-20(26)19-14-8-4-6-10-16(14)28-21(19)24-17/h3,5,7,9H,2,4,6,8,10-12H2,1H3,(H,22,25)(H,23,24,26). The first-order valence-corrected chi connectivity index (χ1v) is 11.6. The van der Waals surface area contributed by atoms with Crippen molar-refractivity contribution in [2.45, 2.75) is 44.8 Å². The summed E-state index contributed by atoms with van der Waals surface area (Å²) < 4.78 is 0. The first-order chi connectivity index (χ1) is 13.7. The minimum absolute atomic E-state index is 0.0404. The molecule has 1 aliphatic carbocycles. The van der Waals surface area contributed by atoms with Crippen LogP contribution in [0, 0.1) is 0 Å². The SMILES string of the molecule is CCc1ccccc1NC(=O)CSCc1nc2sc3c(c2c(=O)[nH]1)CCCC3. The molecule has 2 N–H and O–H groups in total. The van der Waals surface area contributed by atoms with Crippen LogP contribution in [0.25, 0.3) is 10.2 Å². The fourth-order valence-corrected chi connectivity index (χ4v) is 5.62. The normalized spacial score (nSPS) is 13.5. The van der Waals surface area contributed by atoms with Gasteiger partial charge in [-0.05, 0) is 49.3 Å². The number of aryl methyl sites for hydroxylation is 3. The molecular weight excluding hydrogens is 390 g/mol. The molecule has 0 radical (unpaired) electrons. The number of hydrogen-bond acceptors (Lipinski definition) is 5. The molecule has 3 aromatic rings. The van der Waals surface area contributed by atoms with Gasteiger partial charge < -0.3 is 10.3 Å². The molecule has 4 rings (SSSR count). The van der Waals surface area contributed by atoms with Gasteiger partial charge >= 0.3 is 0 Å². The number of nitrogens with one attached hydrogen (secondary N) is 2. The van der Waals surface area contributed by atoms with Crippen molar-refractivity contribution < 1.29 is 4.79 Å². The van der Waals surface area contributed by atoms with Crippen molar-refractivity contribution in [2.24, 2.45) is 0 Å². The number of aromatic amines is 1. The molecule has 1 amide bonds. The number of rotatable bonds is 6. The van der Waals surface area contributed by atoms with E-state index in [2.05, 4.69) is 22.2 Å². The van der Waals surface area contributed by atoms with Crippen LogP contribution in [0.15, 0.2) is 29.1 Å². The average Bonchev–Trinajstić information content (AvgIpc) is 3.07. The first kappa shape index (κ1) is 19.2. The van der Waals surface area contributed by atoms with Crippen molar-refractivity contribution in [2.75, 3.05) is 11.1 Å². The van der Waals surface area contributed by atoms with Crippen LogP contribution in [-0.4, -0.2) is 21.6 Å². The van der Waals surface area contributed by atoms with E-state index in [1.54, 1.807) is 11.3 Å². The smallest absolute Gasteiger partial charge is 0.259 e. The Morgan fingerprint density at radius 3 is 2.96 bits per heavy atom. The summed E-state index contributed by atoms with van der Waals surface area (Å²) in [4.78, 5) is 34.6. The molecule has 1 aromatic carbocycles. The van der Waals surface area contributed by atoms with E-state index in [9.17, 15) is 9.59 Å². The molecule has 0 unspecified atom stereocenters. The zero-order valence-corrected chi connectivity index (χ0v) is 17.5. The van der Waals surface area contributed by atoms with Crippen molar-refractivity contribution in [1.82, 2.24) is 9.97 Å². The maximum absolute atomic E-state index is 12.6. The number of benzene rings is 1. The lowest BCUT2D eigenvalue weighted by atomic mass is 9.97. The van der Waals surface area contributed by atoms with Crippen molar-refractivity contribution in [3.05, 3.63) is 56.4 Å². The summed E-state index contributed by atoms with van der Waals surface area (Å²) in [7, 11) is 0. The van der Waals surface area contributed by atoms with Crippen molar-refractivity contribution >= 4 is 44.9 Å². The second-order valence-electron chi connectivity index (χ2n) is 6.96. The summed E-state index contributed by atoms with van der Waals surface area (Å²) in [6.45, 7) is 2.07. The number of carbonyl (C=O) groups excluding carboxylic acids is 1. The van der Waals surface area contributed by atoms with E-state index in [1.807, 2.05) is 24.3 Å². The Morgan fingerprint density at radius 2 is 2.11 bits per heavy atom. The number of thiophene rings is 1. The number of amides is 1. The van der Waals surface area contributed by atoms with E-state index < -0.39 is 0 Å². The predicted molar refractivity (Wildman–Crippen MR) is 117 cm³/mol. The molecule has 0 atom stereocenters. The van der Waals surface area contributed by atoms with Gasteiger partial charge in [-0.25, -0.2) is 4.98 Å². The van der Waals surface area contributed by atoms with Crippen molar-refractivity contribution in [1.29, 1.82) is 0 Å². The maximum atomic E-state index is 12.6. The minimum atomic E-state index is -0.0408. The van der Waals surface area contributed by atoms with Crippen LogP contribution in [0.1, 0.15) is 41.6 Å². The minimum Gasteiger partial charge on any atom is -0.325 e. The molecule has 1 aliphatic rings. The second-order valence-corrected chi connectivity index (χ2v) is 9.02. The number of nitrogens with zero attached hydrogens (tertiary/aromatic N) is 1. The Morgan fingerprint density at radius 1 is 1.29 bits per heavy atom. The number of fused-ring (bicyclic) bond motifs is 3. The predicted octanol–water partition coefficient (Wildman–Crippen LogP) is 4.30. The molecule has 28 heavy (non-hydrogen) atoms. The molecule has 0 saturated carbocycles. The summed E-state index contributed by atoms with van der Waals surface area (Å²) >= 11 is 3.11. The van der Waals surface area contributed by atoms with Crippen molar-refractivity contribution in [3.63, 3.8) is 0 Å². The second kappa shape index (κ2) is 8.49. The molecule has 0 aliphatic heterocycles. The van der Waals surface area contributed by atoms with Gasteiger partial charge in [0.05, 0.1) is 16.9 Å². The van der Waals surface area contributed by atoms with E-state index in [1.165, 1.54) is 28.6 Å². The number of thioether (sulfide) groups is 1. The molecule has 5 nitrogen and oxygen atoms in total. The largest absolute Gasteiger partial charge is 0.325 e. The van der Waals surface area contributed by atoms with Crippen LogP contribution >= 0.6 is 23.1 Å². The van der Waals surface area contributed by atoms with Crippen LogP contribution in [0.4, 0.5) is 5.69 Å². The third-order valence-corrected chi connectivity index (χ3v) is 7.15. The molecule has 146 valence electrons. The number of anilines is 1. The van der Waals surface area contributed by atoms with E-state index in [0.29, 0.717) is 17.3 Å². The lowest BCUT2D eigenvalue weighted by molar-refractivity contribution is -0.113. The Kier molecular flexibility index (Phi) is 5.82. The zero-order chi connectivity index (χ0) is 19.5. The molecular formula is C21H23N3O2S2. The number of para-hydroxylation sites is 1. The zero-order valence-electron chi connectivity index (χ0n) is 15.8. The van der Waals surface area contributed by atoms with Gasteiger partial charge in [0.2, 0.25) is 5.91 Å². The van der Waals surface area contributed by atoms with Gasteiger partial charge in [-0.1, -0.05) is 25.1 Å². The lowest BCUT2D eigenvalue weighted by Gasteiger charge is -2.10. The summed E-state index contributed by atoms with van der Waals surface area (Å²) in [6.07, 6.45) is 5.25. The van der Waals surface area contributed by atoms with Crippen LogP contribution in [0.5, 0.6) is 0 Å². The molecule has 0 spiro atoms. The van der Waals surface area contributed by atoms with Crippen LogP contribution in [0.3, 0.4) is 0 Å². The summed E-state index contributed by atoms with van der Waals surface area (Å²) in [5, 5.41) is 3.75. The van der Waals surface area contributed by atoms with Gasteiger partial charge in [-0.3, -0.25) is 9.59 Å². The lowest BCUT2D eigenvalue weighted by Crippen LogP contribution is -2.16. The molecule has 0 bridgehead atoms. The highest BCUT2D eigenvalue weighted by molar-refractivity contribution is 7.99. The maximum Gasteiger partial charge on any atom is 0.259 e. The van der Waals surface area contributed by atoms with E-state index in [4.69, 9.17) is 0 Å². The Balaban J connectivity index is 1.40. The first-order valence-electron chi connectivity index (χ1n) is 9.64. The highest BCUT2D eigenvalue weighted by atomic mass is 32.2. The Labute approximate surface area is 172 Å². The highest BCUT2D eigenvalue weighted by Gasteiger charge is 2.19. The van der Waals surface area contributed by atoms with Crippen LogP contribution in [-0.2, 0) is 29.8 Å². The highest BCUT2D eigenvalue weighted by Crippen LogP contribution is 2.33. The third kappa shape index (κ3) is 4.00. The monoisotopic (exact) mass is 413 g/mol. The Bertz CT molecular complexity index is 1070. The average molecular weight is 414 g/mol. The molecule has 2 heterocycles. The van der Waals surface area contributed by atoms with Gasteiger partial charge in [-0.2, -0.15) is 0 Å². The van der Waals surface area contributed by atoms with Gasteiger partial charge in [0.1, 0.15) is 10.7 Å². The van der Waals surface area contributed by atoms with E-state index >= 15 is 0 Å². The van der Waals surface area contributed by atoms with Gasteiger partial charge in [0.25, 0.3) is 5.56 Å². The number of aromatic nitrogens is 2. The number of carbonyl (C=O) groups is 1. The molecule has 2 aromatic heterocycles. The van der Waals surface area contributed by atoms with E-state index in [-0.39, 0.29) is 11.5 Å². The van der Waals surface area contributed by atoms with Gasteiger partial charge in [-0.15, -0.1) is 23.1 Å². The third-order valence-electron chi connectivity index (χ3n) is 5.02. The fourth-order valence-electron chi connectivity index (χ4n) is 3.65. The van der Waals surface area contributed by atoms with Crippen LogP contribution in [0.2, 0.25) is 0 Å². The topological polar surface area (TPSA) is 74.8 Å². The van der Waals surface area contributed by atoms with Crippen molar-refractivity contribution in [3.8, 4) is 0 Å². The fraction of sp³-hybridized carbons (Fsp3) is 0.381. The van der Waals surface area contributed by atoms with Crippen LogP contribution < -0.4 is 10.9 Å². The van der Waals surface area contributed by atoms with E-state index in [0.717, 1.165) is 47.2 Å². The number of H-pyrrole nitrogens is 1.